The lowest BCUT2D eigenvalue weighted by atomic mass is 10.2. The summed E-state index contributed by atoms with van der Waals surface area (Å²) >= 11 is 1.72. The molecule has 0 atom stereocenters. The van der Waals surface area contributed by atoms with Crippen molar-refractivity contribution < 1.29 is 0 Å². The average Bonchev–Trinajstić information content (AvgIpc) is 2.82. The zero-order valence-corrected chi connectivity index (χ0v) is 9.70. The number of anilines is 2. The highest BCUT2D eigenvalue weighted by atomic mass is 32.1. The molecule has 1 aromatic heterocycles. The van der Waals surface area contributed by atoms with Crippen molar-refractivity contribution >= 4 is 22.7 Å². The molecule has 1 aliphatic heterocycles. The van der Waals surface area contributed by atoms with Crippen molar-refractivity contribution in [2.75, 3.05) is 23.3 Å². The van der Waals surface area contributed by atoms with Gasteiger partial charge in [-0.2, -0.15) is 0 Å². The van der Waals surface area contributed by atoms with Crippen LogP contribution in [0.4, 0.5) is 11.4 Å². The van der Waals surface area contributed by atoms with Crippen LogP contribution in [-0.4, -0.2) is 18.1 Å². The minimum absolute atomic E-state index is 0.962. The van der Waals surface area contributed by atoms with Crippen LogP contribution in [0.25, 0.3) is 0 Å². The van der Waals surface area contributed by atoms with Crippen LogP contribution in [0.3, 0.4) is 0 Å². The maximum atomic E-state index is 4.12. The van der Waals surface area contributed by atoms with Crippen LogP contribution in [-0.2, 0) is 6.54 Å². The SMILES string of the molecule is c1ccc2c(c1)NCCN2Cc1cncs1. The molecule has 0 fully saturated rings. The summed E-state index contributed by atoms with van der Waals surface area (Å²) < 4.78 is 0. The van der Waals surface area contributed by atoms with Gasteiger partial charge in [0, 0.05) is 24.2 Å². The molecule has 82 valence electrons. The second kappa shape index (κ2) is 4.14. The van der Waals surface area contributed by atoms with Crippen LogP contribution in [0.2, 0.25) is 0 Å². The summed E-state index contributed by atoms with van der Waals surface area (Å²) in [6.07, 6.45) is 1.95. The van der Waals surface area contributed by atoms with Crippen LogP contribution in [0.15, 0.2) is 36.0 Å². The molecule has 3 nitrogen and oxygen atoms in total. The maximum absolute atomic E-state index is 4.12. The van der Waals surface area contributed by atoms with E-state index in [1.165, 1.54) is 16.3 Å². The summed E-state index contributed by atoms with van der Waals surface area (Å²) in [7, 11) is 0. The third-order valence-electron chi connectivity index (χ3n) is 2.77. The van der Waals surface area contributed by atoms with Gasteiger partial charge in [-0.15, -0.1) is 11.3 Å². The lowest BCUT2D eigenvalue weighted by molar-refractivity contribution is 0.794. The van der Waals surface area contributed by atoms with Crippen LogP contribution >= 0.6 is 11.3 Å². The highest BCUT2D eigenvalue weighted by molar-refractivity contribution is 7.09. The van der Waals surface area contributed by atoms with E-state index in [0.29, 0.717) is 0 Å². The van der Waals surface area contributed by atoms with Gasteiger partial charge in [-0.05, 0) is 12.1 Å². The summed E-state index contributed by atoms with van der Waals surface area (Å²) in [5.41, 5.74) is 4.42. The Morgan fingerprint density at radius 1 is 1.38 bits per heavy atom. The predicted molar refractivity (Wildman–Crippen MR) is 68.1 cm³/mol. The van der Waals surface area contributed by atoms with E-state index >= 15 is 0 Å². The summed E-state index contributed by atoms with van der Waals surface area (Å²) in [4.78, 5) is 7.84. The normalized spacial score (nSPS) is 14.4. The van der Waals surface area contributed by atoms with Crippen molar-refractivity contribution in [3.8, 4) is 0 Å². The fraction of sp³-hybridized carbons (Fsp3) is 0.250. The molecule has 0 radical (unpaired) electrons. The number of nitrogens with zero attached hydrogens (tertiary/aromatic N) is 2. The van der Waals surface area contributed by atoms with Gasteiger partial charge in [0.25, 0.3) is 0 Å². The first-order valence-corrected chi connectivity index (χ1v) is 6.27. The Bertz CT molecular complexity index is 467. The highest BCUT2D eigenvalue weighted by Crippen LogP contribution is 2.29. The van der Waals surface area contributed by atoms with E-state index in [1.807, 2.05) is 11.7 Å². The molecule has 1 aliphatic rings. The third-order valence-corrected chi connectivity index (χ3v) is 3.54. The molecule has 0 amide bonds. The van der Waals surface area contributed by atoms with Gasteiger partial charge in [-0.1, -0.05) is 12.1 Å². The monoisotopic (exact) mass is 231 g/mol. The van der Waals surface area contributed by atoms with Crippen molar-refractivity contribution in [2.45, 2.75) is 6.54 Å². The van der Waals surface area contributed by atoms with Crippen molar-refractivity contribution in [3.63, 3.8) is 0 Å². The van der Waals surface area contributed by atoms with Gasteiger partial charge >= 0.3 is 0 Å². The van der Waals surface area contributed by atoms with E-state index in [0.717, 1.165) is 19.6 Å². The largest absolute Gasteiger partial charge is 0.382 e. The van der Waals surface area contributed by atoms with E-state index in [1.54, 1.807) is 11.3 Å². The average molecular weight is 231 g/mol. The van der Waals surface area contributed by atoms with E-state index in [2.05, 4.69) is 39.5 Å². The van der Waals surface area contributed by atoms with E-state index in [9.17, 15) is 0 Å². The number of thiazole rings is 1. The lowest BCUT2D eigenvalue weighted by Crippen LogP contribution is -2.33. The molecular formula is C12H13N3S. The molecule has 3 rings (SSSR count). The van der Waals surface area contributed by atoms with Gasteiger partial charge in [-0.25, -0.2) is 0 Å². The van der Waals surface area contributed by atoms with E-state index in [-0.39, 0.29) is 0 Å². The Morgan fingerprint density at radius 3 is 3.19 bits per heavy atom. The molecule has 0 unspecified atom stereocenters. The Morgan fingerprint density at radius 2 is 2.31 bits per heavy atom. The molecule has 0 saturated carbocycles. The van der Waals surface area contributed by atoms with Gasteiger partial charge in [0.05, 0.1) is 23.4 Å². The van der Waals surface area contributed by atoms with E-state index < -0.39 is 0 Å². The molecule has 2 aromatic rings. The molecular weight excluding hydrogens is 218 g/mol. The number of aromatic nitrogens is 1. The molecule has 16 heavy (non-hydrogen) atoms. The number of hydrogen-bond acceptors (Lipinski definition) is 4. The van der Waals surface area contributed by atoms with Crippen molar-refractivity contribution in [1.29, 1.82) is 0 Å². The maximum Gasteiger partial charge on any atom is 0.0794 e. The Balaban J connectivity index is 1.87. The van der Waals surface area contributed by atoms with Crippen LogP contribution < -0.4 is 10.2 Å². The number of nitrogens with one attached hydrogen (secondary N) is 1. The number of benzene rings is 1. The Labute approximate surface area is 98.7 Å². The van der Waals surface area contributed by atoms with Crippen molar-refractivity contribution in [1.82, 2.24) is 4.98 Å². The molecule has 0 saturated heterocycles. The number of fused-ring (bicyclic) bond motifs is 1. The van der Waals surface area contributed by atoms with Gasteiger partial charge in [0.15, 0.2) is 0 Å². The molecule has 0 aliphatic carbocycles. The standard InChI is InChI=1S/C12H13N3S/c1-2-4-12-11(3-1)14-5-6-15(12)8-10-7-13-9-16-10/h1-4,7,9,14H,5-6,8H2. The van der Waals surface area contributed by atoms with Crippen molar-refractivity contribution in [3.05, 3.63) is 40.8 Å². The summed E-state index contributed by atoms with van der Waals surface area (Å²) in [6.45, 7) is 3.02. The molecule has 4 heteroatoms. The first kappa shape index (κ1) is 9.66. The Kier molecular flexibility index (Phi) is 2.50. The summed E-state index contributed by atoms with van der Waals surface area (Å²) in [5.74, 6) is 0. The Hall–Kier alpha value is -1.55. The lowest BCUT2D eigenvalue weighted by Gasteiger charge is -2.31. The number of hydrogen-bond donors (Lipinski definition) is 1. The summed E-state index contributed by atoms with van der Waals surface area (Å²) in [5, 5.41) is 3.42. The summed E-state index contributed by atoms with van der Waals surface area (Å²) in [6, 6.07) is 8.46. The number of rotatable bonds is 2. The van der Waals surface area contributed by atoms with Crippen LogP contribution in [0.5, 0.6) is 0 Å². The smallest absolute Gasteiger partial charge is 0.0794 e. The number of para-hydroxylation sites is 2. The third kappa shape index (κ3) is 1.76. The molecule has 1 N–H and O–H groups in total. The molecule has 1 aromatic carbocycles. The second-order valence-corrected chi connectivity index (χ2v) is 4.80. The fourth-order valence-electron chi connectivity index (χ4n) is 2.02. The van der Waals surface area contributed by atoms with Gasteiger partial charge in [0.2, 0.25) is 0 Å². The van der Waals surface area contributed by atoms with E-state index in [4.69, 9.17) is 0 Å². The fourth-order valence-corrected chi connectivity index (χ4v) is 2.63. The van der Waals surface area contributed by atoms with Crippen LogP contribution in [0.1, 0.15) is 4.88 Å². The minimum atomic E-state index is 0.962. The zero-order chi connectivity index (χ0) is 10.8. The molecule has 0 spiro atoms. The molecule has 0 bridgehead atoms. The van der Waals surface area contributed by atoms with Crippen molar-refractivity contribution in [2.24, 2.45) is 0 Å². The first-order valence-electron chi connectivity index (χ1n) is 5.39. The second-order valence-electron chi connectivity index (χ2n) is 3.83. The minimum Gasteiger partial charge on any atom is -0.382 e. The zero-order valence-electron chi connectivity index (χ0n) is 8.89. The van der Waals surface area contributed by atoms with Gasteiger partial charge in [-0.3, -0.25) is 4.98 Å². The quantitative estimate of drug-likeness (QED) is 0.861. The highest BCUT2D eigenvalue weighted by Gasteiger charge is 2.15. The van der Waals surface area contributed by atoms with Crippen LogP contribution in [0, 0.1) is 0 Å². The predicted octanol–water partition coefficient (Wildman–Crippen LogP) is 2.58. The first-order chi connectivity index (χ1) is 7.93. The van der Waals surface area contributed by atoms with Gasteiger partial charge < -0.3 is 10.2 Å². The molecule has 2 heterocycles. The topological polar surface area (TPSA) is 28.2 Å². The van der Waals surface area contributed by atoms with Gasteiger partial charge in [0.1, 0.15) is 0 Å².